The standard InChI is InChI=1S/C25H30N4O3/c1-31-22-11-5-9-20-23(27-29(24(20)22)13-12-28-14-16-32-17-15-28)25(30)26-21-10-4-7-18-6-2-3-8-19(18)21/h2-3,5-6,8-9,11,21H,4,7,10,12-17H2,1H3,(H,26,30). The number of morpholine rings is 1. The highest BCUT2D eigenvalue weighted by molar-refractivity contribution is 6.06. The number of para-hydroxylation sites is 1. The second-order valence-corrected chi connectivity index (χ2v) is 8.50. The van der Waals surface area contributed by atoms with Crippen molar-refractivity contribution in [1.29, 1.82) is 0 Å². The van der Waals surface area contributed by atoms with E-state index in [1.54, 1.807) is 7.11 Å². The average Bonchev–Trinajstić information content (AvgIpc) is 3.23. The summed E-state index contributed by atoms with van der Waals surface area (Å²) < 4.78 is 13.0. The van der Waals surface area contributed by atoms with E-state index in [1.807, 2.05) is 28.9 Å². The van der Waals surface area contributed by atoms with Gasteiger partial charge in [0.25, 0.3) is 5.91 Å². The quantitative estimate of drug-likeness (QED) is 0.645. The molecule has 2 aromatic carbocycles. The molecule has 0 radical (unpaired) electrons. The van der Waals surface area contributed by atoms with Crippen molar-refractivity contribution in [2.24, 2.45) is 0 Å². The topological polar surface area (TPSA) is 68.6 Å². The molecule has 1 unspecified atom stereocenters. The van der Waals surface area contributed by atoms with Crippen LogP contribution in [0.2, 0.25) is 0 Å². The van der Waals surface area contributed by atoms with Crippen LogP contribution in [-0.4, -0.2) is 60.5 Å². The number of hydrogen-bond acceptors (Lipinski definition) is 5. The molecule has 1 N–H and O–H groups in total. The minimum atomic E-state index is -0.130. The van der Waals surface area contributed by atoms with Crippen LogP contribution in [0.15, 0.2) is 42.5 Å². The number of carbonyl (C=O) groups excluding carboxylic acids is 1. The van der Waals surface area contributed by atoms with Crippen LogP contribution >= 0.6 is 0 Å². The summed E-state index contributed by atoms with van der Waals surface area (Å²) in [7, 11) is 1.66. The van der Waals surface area contributed by atoms with Crippen molar-refractivity contribution in [3.8, 4) is 5.75 Å². The maximum atomic E-state index is 13.4. The lowest BCUT2D eigenvalue weighted by Gasteiger charge is -2.26. The molecule has 32 heavy (non-hydrogen) atoms. The lowest BCUT2D eigenvalue weighted by atomic mass is 9.87. The molecule has 168 valence electrons. The highest BCUT2D eigenvalue weighted by Gasteiger charge is 2.26. The summed E-state index contributed by atoms with van der Waals surface area (Å²) in [5, 5.41) is 8.85. The summed E-state index contributed by atoms with van der Waals surface area (Å²) in [5.74, 6) is 0.606. The first-order valence-electron chi connectivity index (χ1n) is 11.5. The van der Waals surface area contributed by atoms with Crippen LogP contribution in [-0.2, 0) is 17.7 Å². The lowest BCUT2D eigenvalue weighted by Crippen LogP contribution is -2.38. The van der Waals surface area contributed by atoms with Gasteiger partial charge in [-0.2, -0.15) is 5.10 Å². The zero-order valence-electron chi connectivity index (χ0n) is 18.5. The van der Waals surface area contributed by atoms with Crippen molar-refractivity contribution in [2.75, 3.05) is 40.0 Å². The third-order valence-corrected chi connectivity index (χ3v) is 6.57. The van der Waals surface area contributed by atoms with Crippen LogP contribution in [0.1, 0.15) is 40.5 Å². The van der Waals surface area contributed by atoms with Gasteiger partial charge in [0.2, 0.25) is 0 Å². The molecule has 2 heterocycles. The van der Waals surface area contributed by atoms with E-state index in [0.29, 0.717) is 12.2 Å². The van der Waals surface area contributed by atoms with E-state index in [4.69, 9.17) is 14.6 Å². The number of methoxy groups -OCH3 is 1. The molecule has 1 aliphatic heterocycles. The first-order valence-corrected chi connectivity index (χ1v) is 11.5. The fourth-order valence-electron chi connectivity index (χ4n) is 4.89. The van der Waals surface area contributed by atoms with Crippen molar-refractivity contribution < 1.29 is 14.3 Å². The van der Waals surface area contributed by atoms with Crippen LogP contribution in [0.25, 0.3) is 10.9 Å². The molecule has 7 nitrogen and oxygen atoms in total. The van der Waals surface area contributed by atoms with Gasteiger partial charge >= 0.3 is 0 Å². The van der Waals surface area contributed by atoms with Crippen molar-refractivity contribution in [2.45, 2.75) is 31.8 Å². The Hall–Kier alpha value is -2.90. The summed E-state index contributed by atoms with van der Waals surface area (Å²) in [6, 6.07) is 14.2. The smallest absolute Gasteiger partial charge is 0.272 e. The Morgan fingerprint density at radius 1 is 1.16 bits per heavy atom. The van der Waals surface area contributed by atoms with Gasteiger partial charge < -0.3 is 14.8 Å². The Labute approximate surface area is 188 Å². The second kappa shape index (κ2) is 9.30. The number of carbonyl (C=O) groups is 1. The van der Waals surface area contributed by atoms with E-state index in [-0.39, 0.29) is 11.9 Å². The maximum Gasteiger partial charge on any atom is 0.272 e. The predicted molar refractivity (Wildman–Crippen MR) is 123 cm³/mol. The molecule has 0 saturated carbocycles. The highest BCUT2D eigenvalue weighted by Crippen LogP contribution is 2.31. The number of hydrogen-bond donors (Lipinski definition) is 1. The monoisotopic (exact) mass is 434 g/mol. The van der Waals surface area contributed by atoms with Gasteiger partial charge in [-0.25, -0.2) is 0 Å². The van der Waals surface area contributed by atoms with E-state index < -0.39 is 0 Å². The Balaban J connectivity index is 1.43. The van der Waals surface area contributed by atoms with Gasteiger partial charge in [-0.05, 0) is 36.5 Å². The molecular formula is C25H30N4O3. The zero-order chi connectivity index (χ0) is 21.9. The molecule has 5 rings (SSSR count). The maximum absolute atomic E-state index is 13.4. The van der Waals surface area contributed by atoms with Crippen LogP contribution in [0.4, 0.5) is 0 Å². The minimum Gasteiger partial charge on any atom is -0.494 e. The lowest BCUT2D eigenvalue weighted by molar-refractivity contribution is 0.0361. The molecule has 1 aromatic heterocycles. The summed E-state index contributed by atoms with van der Waals surface area (Å²) in [6.07, 6.45) is 3.09. The number of nitrogens with one attached hydrogen (secondary N) is 1. The second-order valence-electron chi connectivity index (χ2n) is 8.50. The van der Waals surface area contributed by atoms with Gasteiger partial charge in [0, 0.05) is 25.0 Å². The van der Waals surface area contributed by atoms with Gasteiger partial charge in [0.15, 0.2) is 5.69 Å². The van der Waals surface area contributed by atoms with Crippen molar-refractivity contribution in [3.63, 3.8) is 0 Å². The molecule has 1 amide bonds. The largest absolute Gasteiger partial charge is 0.494 e. The number of amides is 1. The van der Waals surface area contributed by atoms with Gasteiger partial charge in [-0.15, -0.1) is 0 Å². The van der Waals surface area contributed by atoms with Crippen LogP contribution < -0.4 is 10.1 Å². The fourth-order valence-corrected chi connectivity index (χ4v) is 4.89. The van der Waals surface area contributed by atoms with Crippen molar-refractivity contribution in [1.82, 2.24) is 20.0 Å². The Morgan fingerprint density at radius 3 is 2.84 bits per heavy atom. The summed E-state index contributed by atoms with van der Waals surface area (Å²) >= 11 is 0. The van der Waals surface area contributed by atoms with Crippen molar-refractivity contribution in [3.05, 3.63) is 59.3 Å². The first kappa shape index (κ1) is 21.0. The van der Waals surface area contributed by atoms with Crippen LogP contribution in [0, 0.1) is 0 Å². The highest BCUT2D eigenvalue weighted by atomic mass is 16.5. The Kier molecular flexibility index (Phi) is 6.10. The summed E-state index contributed by atoms with van der Waals surface area (Å²) in [5.41, 5.74) is 3.88. The van der Waals surface area contributed by atoms with E-state index in [9.17, 15) is 4.79 Å². The van der Waals surface area contributed by atoms with Gasteiger partial charge in [-0.3, -0.25) is 14.4 Å². The predicted octanol–water partition coefficient (Wildman–Crippen LogP) is 3.18. The van der Waals surface area contributed by atoms with E-state index >= 15 is 0 Å². The Bertz CT molecular complexity index is 1100. The zero-order valence-corrected chi connectivity index (χ0v) is 18.5. The van der Waals surface area contributed by atoms with Crippen LogP contribution in [0.5, 0.6) is 5.75 Å². The molecule has 0 bridgehead atoms. The average molecular weight is 435 g/mol. The summed E-state index contributed by atoms with van der Waals surface area (Å²) in [6.45, 7) is 4.92. The number of aryl methyl sites for hydroxylation is 1. The molecule has 7 heteroatoms. The molecular weight excluding hydrogens is 404 g/mol. The molecule has 2 aliphatic rings. The third kappa shape index (κ3) is 4.10. The normalized spacial score (nSPS) is 19.0. The Morgan fingerprint density at radius 2 is 2.00 bits per heavy atom. The minimum absolute atomic E-state index is 0.0200. The number of rotatable bonds is 6. The third-order valence-electron chi connectivity index (χ3n) is 6.57. The molecule has 1 aliphatic carbocycles. The van der Waals surface area contributed by atoms with E-state index in [2.05, 4.69) is 28.4 Å². The number of aromatic nitrogens is 2. The SMILES string of the molecule is COc1cccc2c(C(=O)NC3CCCc4ccccc43)nn(CCN3CCOCC3)c12. The van der Waals surface area contributed by atoms with E-state index in [0.717, 1.165) is 68.8 Å². The molecule has 1 fully saturated rings. The van der Waals surface area contributed by atoms with Crippen molar-refractivity contribution >= 4 is 16.8 Å². The fraction of sp³-hybridized carbons (Fsp3) is 0.440. The van der Waals surface area contributed by atoms with Gasteiger partial charge in [0.1, 0.15) is 11.3 Å². The van der Waals surface area contributed by atoms with Gasteiger partial charge in [0.05, 0.1) is 32.9 Å². The van der Waals surface area contributed by atoms with Crippen LogP contribution in [0.3, 0.4) is 0 Å². The molecule has 0 spiro atoms. The first-order chi connectivity index (χ1) is 15.7. The number of nitrogens with zero attached hydrogens (tertiary/aromatic N) is 3. The van der Waals surface area contributed by atoms with Gasteiger partial charge in [-0.1, -0.05) is 36.4 Å². The molecule has 1 saturated heterocycles. The molecule has 3 aromatic rings. The van der Waals surface area contributed by atoms with E-state index in [1.165, 1.54) is 11.1 Å². The number of fused-ring (bicyclic) bond motifs is 2. The molecule has 1 atom stereocenters. The number of ether oxygens (including phenoxy) is 2. The summed E-state index contributed by atoms with van der Waals surface area (Å²) in [4.78, 5) is 15.8. The number of benzene rings is 2.